The Morgan fingerprint density at radius 1 is 1.07 bits per heavy atom. The van der Waals surface area contributed by atoms with Gasteiger partial charge in [-0.2, -0.15) is 0 Å². The lowest BCUT2D eigenvalue weighted by atomic mass is 9.88. The molecular formula is C22H37N5O2. The minimum absolute atomic E-state index is 0.00463. The molecule has 0 amide bonds. The monoisotopic (exact) mass is 403 g/mol. The first kappa shape index (κ1) is 22.0. The Morgan fingerprint density at radius 3 is 2.45 bits per heavy atom. The normalized spacial score (nSPS) is 21.5. The summed E-state index contributed by atoms with van der Waals surface area (Å²) >= 11 is 0. The molecule has 0 spiro atoms. The Morgan fingerprint density at radius 2 is 1.76 bits per heavy atom. The fraction of sp³-hybridized carbons (Fsp3) is 0.682. The summed E-state index contributed by atoms with van der Waals surface area (Å²) in [6.07, 6.45) is 1.98. The first-order chi connectivity index (χ1) is 14.2. The molecule has 1 aromatic rings. The summed E-state index contributed by atoms with van der Waals surface area (Å²) in [6.45, 7) is 10.2. The third-order valence-corrected chi connectivity index (χ3v) is 5.91. The number of nitrogens with zero attached hydrogens (tertiary/aromatic N) is 2. The average molecular weight is 404 g/mol. The highest BCUT2D eigenvalue weighted by molar-refractivity contribution is 5.79. The number of ether oxygens (including phenoxy) is 2. The van der Waals surface area contributed by atoms with Crippen molar-refractivity contribution in [2.75, 3.05) is 66.2 Å². The highest BCUT2D eigenvalue weighted by atomic mass is 16.5. The van der Waals surface area contributed by atoms with E-state index in [4.69, 9.17) is 9.47 Å². The van der Waals surface area contributed by atoms with Crippen LogP contribution in [0.1, 0.15) is 31.4 Å². The lowest BCUT2D eigenvalue weighted by Gasteiger charge is -2.41. The zero-order valence-corrected chi connectivity index (χ0v) is 18.0. The third kappa shape index (κ3) is 6.96. The van der Waals surface area contributed by atoms with Gasteiger partial charge in [-0.25, -0.2) is 0 Å². The van der Waals surface area contributed by atoms with E-state index in [9.17, 15) is 0 Å². The van der Waals surface area contributed by atoms with Gasteiger partial charge in [0, 0.05) is 64.6 Å². The summed E-state index contributed by atoms with van der Waals surface area (Å²) in [7, 11) is 1.83. The van der Waals surface area contributed by atoms with Crippen LogP contribution in [-0.2, 0) is 9.47 Å². The van der Waals surface area contributed by atoms with E-state index >= 15 is 0 Å². The van der Waals surface area contributed by atoms with Gasteiger partial charge in [0.15, 0.2) is 5.96 Å². The lowest BCUT2D eigenvalue weighted by molar-refractivity contribution is 0.0353. The number of benzene rings is 1. The maximum atomic E-state index is 5.65. The maximum absolute atomic E-state index is 5.65. The second kappa shape index (κ2) is 11.5. The zero-order valence-electron chi connectivity index (χ0n) is 18.0. The summed E-state index contributed by atoms with van der Waals surface area (Å²) in [5.74, 6) is 0.860. The lowest BCUT2D eigenvalue weighted by Crippen LogP contribution is -2.58. The molecule has 162 valence electrons. The first-order valence-electron chi connectivity index (χ1n) is 10.9. The molecule has 1 aromatic carbocycles. The Kier molecular flexibility index (Phi) is 8.73. The molecule has 0 bridgehead atoms. The smallest absolute Gasteiger partial charge is 0.191 e. The van der Waals surface area contributed by atoms with E-state index in [1.807, 2.05) is 7.05 Å². The maximum Gasteiger partial charge on any atom is 0.191 e. The molecule has 2 aliphatic heterocycles. The van der Waals surface area contributed by atoms with E-state index < -0.39 is 0 Å². The second-order valence-corrected chi connectivity index (χ2v) is 7.98. The van der Waals surface area contributed by atoms with Gasteiger partial charge in [-0.05, 0) is 25.3 Å². The Bertz CT molecular complexity index is 613. The van der Waals surface area contributed by atoms with Crippen molar-refractivity contribution < 1.29 is 9.47 Å². The van der Waals surface area contributed by atoms with Crippen LogP contribution in [0.25, 0.3) is 0 Å². The van der Waals surface area contributed by atoms with Crippen LogP contribution in [0.2, 0.25) is 0 Å². The van der Waals surface area contributed by atoms with E-state index in [2.05, 4.69) is 63.1 Å². The number of hydrogen-bond donors (Lipinski definition) is 3. The third-order valence-electron chi connectivity index (χ3n) is 5.91. The minimum Gasteiger partial charge on any atom is -0.381 e. The van der Waals surface area contributed by atoms with Crippen molar-refractivity contribution >= 4 is 5.96 Å². The summed E-state index contributed by atoms with van der Waals surface area (Å²) in [5.41, 5.74) is 1.31. The molecular weight excluding hydrogens is 366 g/mol. The van der Waals surface area contributed by atoms with Crippen LogP contribution in [0, 0.1) is 0 Å². The molecule has 0 aromatic heterocycles. The number of hydrogen-bond acceptors (Lipinski definition) is 5. The molecule has 2 fully saturated rings. The average Bonchev–Trinajstić information content (AvgIpc) is 2.78. The van der Waals surface area contributed by atoms with Gasteiger partial charge in [0.2, 0.25) is 0 Å². The van der Waals surface area contributed by atoms with Gasteiger partial charge in [0.25, 0.3) is 0 Å². The zero-order chi connectivity index (χ0) is 20.4. The molecule has 2 saturated heterocycles. The summed E-state index contributed by atoms with van der Waals surface area (Å²) in [5, 5.41) is 10.9. The fourth-order valence-corrected chi connectivity index (χ4v) is 4.05. The van der Waals surface area contributed by atoms with Crippen LogP contribution in [0.4, 0.5) is 0 Å². The quantitative estimate of drug-likeness (QED) is 0.450. The van der Waals surface area contributed by atoms with Crippen LogP contribution in [-0.4, -0.2) is 82.6 Å². The van der Waals surface area contributed by atoms with Crippen molar-refractivity contribution in [1.29, 1.82) is 0 Å². The van der Waals surface area contributed by atoms with E-state index in [1.165, 1.54) is 5.56 Å². The van der Waals surface area contributed by atoms with E-state index in [0.717, 1.165) is 78.0 Å². The van der Waals surface area contributed by atoms with Crippen LogP contribution >= 0.6 is 0 Å². The van der Waals surface area contributed by atoms with Crippen LogP contribution < -0.4 is 16.0 Å². The molecule has 0 saturated carbocycles. The minimum atomic E-state index is -0.00463. The fourth-order valence-electron chi connectivity index (χ4n) is 4.05. The van der Waals surface area contributed by atoms with Gasteiger partial charge in [-0.15, -0.1) is 0 Å². The van der Waals surface area contributed by atoms with Crippen molar-refractivity contribution in [3.05, 3.63) is 35.9 Å². The van der Waals surface area contributed by atoms with Crippen LogP contribution in [0.3, 0.4) is 0 Å². The van der Waals surface area contributed by atoms with Gasteiger partial charge < -0.3 is 25.4 Å². The number of aliphatic imine (C=N–C) groups is 1. The van der Waals surface area contributed by atoms with Gasteiger partial charge in [0.1, 0.15) is 0 Å². The molecule has 7 heteroatoms. The van der Waals surface area contributed by atoms with E-state index in [0.29, 0.717) is 0 Å². The van der Waals surface area contributed by atoms with E-state index in [-0.39, 0.29) is 11.6 Å². The molecule has 1 atom stereocenters. The summed E-state index contributed by atoms with van der Waals surface area (Å²) in [6, 6.07) is 10.9. The number of morpholine rings is 1. The van der Waals surface area contributed by atoms with Crippen LogP contribution in [0.5, 0.6) is 0 Å². The number of rotatable bonds is 8. The molecule has 2 aliphatic rings. The highest BCUT2D eigenvalue weighted by Gasteiger charge is 2.34. The largest absolute Gasteiger partial charge is 0.381 e. The molecule has 2 heterocycles. The Hall–Kier alpha value is -1.67. The van der Waals surface area contributed by atoms with Crippen LogP contribution in [0.15, 0.2) is 35.3 Å². The molecule has 3 rings (SSSR count). The highest BCUT2D eigenvalue weighted by Crippen LogP contribution is 2.25. The molecule has 3 N–H and O–H groups in total. The standard InChI is InChI=1S/C22H37N5O2/c1-19(20-6-4-3-5-7-20)26-22(8-14-28-15-9-22)18-25-21(23-2)24-10-11-27-12-16-29-17-13-27/h3-7,19,26H,8-18H2,1-2H3,(H2,23,24,25). The van der Waals surface area contributed by atoms with Crippen molar-refractivity contribution in [1.82, 2.24) is 20.9 Å². The Balaban J connectivity index is 1.50. The molecule has 0 radical (unpaired) electrons. The predicted molar refractivity (Wildman–Crippen MR) is 117 cm³/mol. The molecule has 1 unspecified atom stereocenters. The molecule has 7 nitrogen and oxygen atoms in total. The number of nitrogens with one attached hydrogen (secondary N) is 3. The van der Waals surface area contributed by atoms with Gasteiger partial charge in [-0.3, -0.25) is 9.89 Å². The first-order valence-corrected chi connectivity index (χ1v) is 10.9. The molecule has 0 aliphatic carbocycles. The van der Waals surface area contributed by atoms with Crippen molar-refractivity contribution in [3.63, 3.8) is 0 Å². The number of guanidine groups is 1. The second-order valence-electron chi connectivity index (χ2n) is 7.98. The van der Waals surface area contributed by atoms with Gasteiger partial charge in [0.05, 0.1) is 13.2 Å². The summed E-state index contributed by atoms with van der Waals surface area (Å²) in [4.78, 5) is 6.84. The van der Waals surface area contributed by atoms with Crippen molar-refractivity contribution in [2.45, 2.75) is 31.3 Å². The molecule has 29 heavy (non-hydrogen) atoms. The van der Waals surface area contributed by atoms with Gasteiger partial charge >= 0.3 is 0 Å². The topological polar surface area (TPSA) is 70.2 Å². The predicted octanol–water partition coefficient (Wildman–Crippen LogP) is 1.38. The summed E-state index contributed by atoms with van der Waals surface area (Å²) < 4.78 is 11.1. The van der Waals surface area contributed by atoms with Gasteiger partial charge in [-0.1, -0.05) is 30.3 Å². The Labute approximate surface area is 175 Å². The van der Waals surface area contributed by atoms with E-state index in [1.54, 1.807) is 0 Å². The van der Waals surface area contributed by atoms with Crippen molar-refractivity contribution in [2.24, 2.45) is 4.99 Å². The van der Waals surface area contributed by atoms with Crippen molar-refractivity contribution in [3.8, 4) is 0 Å². The SMILES string of the molecule is CN=C(NCCN1CCOCC1)NCC1(NC(C)c2ccccc2)CCOCC1.